The summed E-state index contributed by atoms with van der Waals surface area (Å²) in [5.74, 6) is -0.980. The molecule has 3 N–H and O–H groups in total. The number of hydrogen-bond acceptors (Lipinski definition) is 4. The molecular weight excluding hydrogens is 206 g/mol. The fraction of sp³-hybridized carbons (Fsp3) is 0.875. The van der Waals surface area contributed by atoms with Crippen molar-refractivity contribution in [1.82, 2.24) is 0 Å². The minimum absolute atomic E-state index is 0.00829. The van der Waals surface area contributed by atoms with Gasteiger partial charge in [-0.25, -0.2) is 8.42 Å². The van der Waals surface area contributed by atoms with E-state index in [2.05, 4.69) is 0 Å². The summed E-state index contributed by atoms with van der Waals surface area (Å²) in [6.45, 7) is 0.00829. The van der Waals surface area contributed by atoms with Crippen LogP contribution in [0.4, 0.5) is 0 Å². The SMILES string of the molecule is CS(=O)(=O)C1CCC(CN)(C(=O)O)C1. The molecule has 5 nitrogen and oxygen atoms in total. The Morgan fingerprint density at radius 3 is 2.43 bits per heavy atom. The van der Waals surface area contributed by atoms with Crippen molar-refractivity contribution in [3.05, 3.63) is 0 Å². The monoisotopic (exact) mass is 221 g/mol. The van der Waals surface area contributed by atoms with Crippen molar-refractivity contribution in [3.8, 4) is 0 Å². The molecule has 1 aliphatic carbocycles. The van der Waals surface area contributed by atoms with E-state index in [9.17, 15) is 13.2 Å². The second-order valence-corrected chi connectivity index (χ2v) is 6.31. The third-order valence-electron chi connectivity index (χ3n) is 3.01. The molecule has 6 heteroatoms. The second-order valence-electron chi connectivity index (χ2n) is 3.98. The summed E-state index contributed by atoms with van der Waals surface area (Å²) in [6, 6.07) is 0. The molecule has 2 unspecified atom stereocenters. The molecule has 0 heterocycles. The fourth-order valence-corrected chi connectivity index (χ4v) is 3.08. The molecule has 0 aromatic heterocycles. The van der Waals surface area contributed by atoms with Gasteiger partial charge in [0.2, 0.25) is 0 Å². The van der Waals surface area contributed by atoms with E-state index in [-0.39, 0.29) is 13.0 Å². The highest BCUT2D eigenvalue weighted by Gasteiger charge is 2.47. The van der Waals surface area contributed by atoms with Crippen molar-refractivity contribution in [3.63, 3.8) is 0 Å². The number of nitrogens with two attached hydrogens (primary N) is 1. The average Bonchev–Trinajstić information content (AvgIpc) is 2.47. The van der Waals surface area contributed by atoms with Crippen LogP contribution in [-0.4, -0.2) is 37.5 Å². The molecule has 0 spiro atoms. The van der Waals surface area contributed by atoms with E-state index in [1.807, 2.05) is 0 Å². The van der Waals surface area contributed by atoms with E-state index in [0.717, 1.165) is 6.26 Å². The lowest BCUT2D eigenvalue weighted by atomic mass is 9.87. The second kappa shape index (κ2) is 3.51. The van der Waals surface area contributed by atoms with Gasteiger partial charge in [-0.3, -0.25) is 4.79 Å². The van der Waals surface area contributed by atoms with E-state index >= 15 is 0 Å². The summed E-state index contributed by atoms with van der Waals surface area (Å²) in [4.78, 5) is 11.0. The molecule has 14 heavy (non-hydrogen) atoms. The first-order valence-corrected chi connectivity index (χ1v) is 6.39. The molecular formula is C8H15NO4S. The molecule has 2 atom stereocenters. The lowest BCUT2D eigenvalue weighted by molar-refractivity contribution is -0.147. The van der Waals surface area contributed by atoms with Crippen LogP contribution in [0.25, 0.3) is 0 Å². The van der Waals surface area contributed by atoms with Gasteiger partial charge in [0.1, 0.15) is 9.84 Å². The van der Waals surface area contributed by atoms with Crippen LogP contribution in [-0.2, 0) is 14.6 Å². The van der Waals surface area contributed by atoms with Gasteiger partial charge in [-0.1, -0.05) is 0 Å². The zero-order chi connectivity index (χ0) is 11.0. The first kappa shape index (κ1) is 11.5. The molecule has 0 bridgehead atoms. The summed E-state index contributed by atoms with van der Waals surface area (Å²) < 4.78 is 22.5. The number of aliphatic carboxylic acids is 1. The quantitative estimate of drug-likeness (QED) is 0.676. The van der Waals surface area contributed by atoms with Gasteiger partial charge < -0.3 is 10.8 Å². The first-order valence-electron chi connectivity index (χ1n) is 4.44. The average molecular weight is 221 g/mol. The number of sulfone groups is 1. The molecule has 1 saturated carbocycles. The molecule has 0 amide bonds. The van der Waals surface area contributed by atoms with Crippen LogP contribution in [0.15, 0.2) is 0 Å². The van der Waals surface area contributed by atoms with Crippen molar-refractivity contribution in [2.45, 2.75) is 24.5 Å². The molecule has 0 saturated heterocycles. The zero-order valence-electron chi connectivity index (χ0n) is 8.06. The highest BCUT2D eigenvalue weighted by molar-refractivity contribution is 7.91. The van der Waals surface area contributed by atoms with Crippen molar-refractivity contribution in [2.24, 2.45) is 11.1 Å². The summed E-state index contributed by atoms with van der Waals surface area (Å²) in [5, 5.41) is 8.43. The van der Waals surface area contributed by atoms with E-state index in [1.165, 1.54) is 0 Å². The highest BCUT2D eigenvalue weighted by Crippen LogP contribution is 2.40. The normalized spacial score (nSPS) is 33.1. The fourth-order valence-electron chi connectivity index (χ4n) is 1.91. The Labute approximate surface area is 83.2 Å². The molecule has 1 fully saturated rings. The van der Waals surface area contributed by atoms with Crippen LogP contribution >= 0.6 is 0 Å². The van der Waals surface area contributed by atoms with Crippen LogP contribution in [0.2, 0.25) is 0 Å². The Morgan fingerprint density at radius 1 is 1.64 bits per heavy atom. The van der Waals surface area contributed by atoms with Crippen LogP contribution < -0.4 is 5.73 Å². The van der Waals surface area contributed by atoms with Crippen LogP contribution in [0.5, 0.6) is 0 Å². The largest absolute Gasteiger partial charge is 0.481 e. The summed E-state index contributed by atoms with van der Waals surface area (Å²) >= 11 is 0. The predicted molar refractivity (Wildman–Crippen MR) is 51.6 cm³/mol. The van der Waals surface area contributed by atoms with Crippen LogP contribution in [0.3, 0.4) is 0 Å². The molecule has 0 aliphatic heterocycles. The van der Waals surface area contributed by atoms with Gasteiger partial charge in [0, 0.05) is 12.8 Å². The maximum Gasteiger partial charge on any atom is 0.310 e. The number of carbonyl (C=O) groups is 1. The van der Waals surface area contributed by atoms with Gasteiger partial charge in [0.05, 0.1) is 10.7 Å². The van der Waals surface area contributed by atoms with Gasteiger partial charge in [-0.2, -0.15) is 0 Å². The molecule has 1 rings (SSSR count). The number of hydrogen-bond donors (Lipinski definition) is 2. The third-order valence-corrected chi connectivity index (χ3v) is 4.63. The van der Waals surface area contributed by atoms with Crippen molar-refractivity contribution in [2.75, 3.05) is 12.8 Å². The van der Waals surface area contributed by atoms with Gasteiger partial charge >= 0.3 is 5.97 Å². The molecule has 0 aromatic carbocycles. The highest BCUT2D eigenvalue weighted by atomic mass is 32.2. The van der Waals surface area contributed by atoms with Crippen LogP contribution in [0.1, 0.15) is 19.3 Å². The number of carboxylic acid groups (broad SMARTS) is 1. The van der Waals surface area contributed by atoms with E-state index in [1.54, 1.807) is 0 Å². The van der Waals surface area contributed by atoms with Gasteiger partial charge in [0.15, 0.2) is 0 Å². The minimum Gasteiger partial charge on any atom is -0.481 e. The molecule has 1 aliphatic rings. The zero-order valence-corrected chi connectivity index (χ0v) is 8.88. The van der Waals surface area contributed by atoms with E-state index in [0.29, 0.717) is 12.8 Å². The Hall–Kier alpha value is -0.620. The van der Waals surface area contributed by atoms with E-state index < -0.39 is 26.5 Å². The topological polar surface area (TPSA) is 97.5 Å². The molecule has 0 aromatic rings. The maximum absolute atomic E-state index is 11.2. The third kappa shape index (κ3) is 1.90. The predicted octanol–water partition coefficient (Wildman–Crippen LogP) is -0.387. The van der Waals surface area contributed by atoms with Gasteiger partial charge in [0.25, 0.3) is 0 Å². The first-order chi connectivity index (χ1) is 6.32. The lowest BCUT2D eigenvalue weighted by Gasteiger charge is -2.21. The van der Waals surface area contributed by atoms with E-state index in [4.69, 9.17) is 10.8 Å². The number of carboxylic acids is 1. The maximum atomic E-state index is 11.2. The van der Waals surface area contributed by atoms with Crippen molar-refractivity contribution < 1.29 is 18.3 Å². The smallest absolute Gasteiger partial charge is 0.310 e. The Balaban J connectivity index is 2.87. The Kier molecular flexibility index (Phi) is 2.87. The minimum atomic E-state index is -3.14. The van der Waals surface area contributed by atoms with Crippen molar-refractivity contribution >= 4 is 15.8 Å². The Morgan fingerprint density at radius 2 is 2.21 bits per heavy atom. The lowest BCUT2D eigenvalue weighted by Crippen LogP contribution is -2.37. The summed E-state index contributed by atoms with van der Waals surface area (Å²) in [6.07, 6.45) is 2.06. The summed E-state index contributed by atoms with van der Waals surface area (Å²) in [7, 11) is -3.14. The van der Waals surface area contributed by atoms with Gasteiger partial charge in [-0.15, -0.1) is 0 Å². The number of rotatable bonds is 3. The molecule has 82 valence electrons. The standard InChI is InChI=1S/C8H15NO4S/c1-14(12,13)6-2-3-8(4-6,5-9)7(10)11/h6H,2-5,9H2,1H3,(H,10,11). The van der Waals surface area contributed by atoms with Crippen molar-refractivity contribution in [1.29, 1.82) is 0 Å². The van der Waals surface area contributed by atoms with Crippen LogP contribution in [0, 0.1) is 5.41 Å². The summed E-state index contributed by atoms with van der Waals surface area (Å²) in [5.41, 5.74) is 4.38. The Bertz CT molecular complexity index is 337. The van der Waals surface area contributed by atoms with Gasteiger partial charge in [-0.05, 0) is 19.3 Å². The molecule has 0 radical (unpaired) electrons.